The predicted octanol–water partition coefficient (Wildman–Crippen LogP) is 5.64. The third-order valence-electron chi connectivity index (χ3n) is 5.17. The summed E-state index contributed by atoms with van der Waals surface area (Å²) in [5.74, 6) is -3.08. The molecule has 0 N–H and O–H groups in total. The summed E-state index contributed by atoms with van der Waals surface area (Å²) in [5, 5.41) is 0.748. The van der Waals surface area contributed by atoms with Crippen LogP contribution in [0.4, 0.5) is 13.2 Å². The number of carbonyl (C=O) groups is 1. The third kappa shape index (κ3) is 5.51. The highest BCUT2D eigenvalue weighted by Gasteiger charge is 2.27. The summed E-state index contributed by atoms with van der Waals surface area (Å²) < 4.78 is 40.0. The molecule has 0 aliphatic carbocycles. The van der Waals surface area contributed by atoms with E-state index >= 15 is 0 Å². The minimum Gasteiger partial charge on any atom is -0.335 e. The second-order valence-electron chi connectivity index (χ2n) is 7.67. The topological polar surface area (TPSA) is 59.0 Å². The van der Waals surface area contributed by atoms with Crippen molar-refractivity contribution in [1.29, 1.82) is 0 Å². The van der Waals surface area contributed by atoms with Gasteiger partial charge in [-0.25, -0.2) is 28.1 Å². The highest BCUT2D eigenvalue weighted by molar-refractivity contribution is 7.15. The summed E-state index contributed by atoms with van der Waals surface area (Å²) in [5.41, 5.74) is 0.857. The number of thiazole rings is 1. The first-order valence-corrected chi connectivity index (χ1v) is 11.1. The molecule has 0 unspecified atom stereocenters. The molecule has 1 aromatic carbocycles. The van der Waals surface area contributed by atoms with Crippen LogP contribution in [0.15, 0.2) is 36.7 Å². The zero-order valence-corrected chi connectivity index (χ0v) is 19.2. The highest BCUT2D eigenvalue weighted by atomic mass is 32.1. The first-order chi connectivity index (χ1) is 15.1. The molecule has 32 heavy (non-hydrogen) atoms. The summed E-state index contributed by atoms with van der Waals surface area (Å²) in [6, 6.07) is 5.85. The molecule has 0 aliphatic rings. The van der Waals surface area contributed by atoms with E-state index in [1.54, 1.807) is 17.0 Å². The Kier molecular flexibility index (Phi) is 7.28. The lowest BCUT2D eigenvalue weighted by Crippen LogP contribution is -2.39. The second kappa shape index (κ2) is 9.77. The molecule has 0 saturated heterocycles. The number of aryl methyl sites for hydroxylation is 2. The molecule has 2 heterocycles. The molecule has 0 saturated carbocycles. The average molecular weight is 463 g/mol. The van der Waals surface area contributed by atoms with E-state index in [-0.39, 0.29) is 23.3 Å². The van der Waals surface area contributed by atoms with Crippen LogP contribution in [-0.2, 0) is 12.3 Å². The van der Waals surface area contributed by atoms with E-state index in [1.165, 1.54) is 23.5 Å². The van der Waals surface area contributed by atoms with Crippen molar-refractivity contribution in [3.05, 3.63) is 64.6 Å². The molecular weight excluding hydrogens is 437 g/mol. The van der Waals surface area contributed by atoms with E-state index in [0.717, 1.165) is 29.9 Å². The summed E-state index contributed by atoms with van der Waals surface area (Å²) >= 11 is 1.39. The van der Waals surface area contributed by atoms with Crippen molar-refractivity contribution in [1.82, 2.24) is 19.9 Å². The SMILES string of the molecule is CCN(C(=O)c1nc(C)sc1-c1ccc(F)cc1)[C@@H](C)CCc1ncc(C(C)(F)F)cn1. The fourth-order valence-corrected chi connectivity index (χ4v) is 4.28. The summed E-state index contributed by atoms with van der Waals surface area (Å²) in [4.78, 5) is 28.3. The van der Waals surface area contributed by atoms with Crippen molar-refractivity contribution in [2.45, 2.75) is 52.5 Å². The Morgan fingerprint density at radius 2 is 1.81 bits per heavy atom. The first kappa shape index (κ1) is 23.8. The number of rotatable bonds is 8. The fraction of sp³-hybridized carbons (Fsp3) is 0.391. The van der Waals surface area contributed by atoms with Gasteiger partial charge in [-0.05, 0) is 44.9 Å². The number of halogens is 3. The largest absolute Gasteiger partial charge is 0.335 e. The van der Waals surface area contributed by atoms with Crippen molar-refractivity contribution < 1.29 is 18.0 Å². The number of benzene rings is 1. The van der Waals surface area contributed by atoms with Crippen LogP contribution in [0.3, 0.4) is 0 Å². The highest BCUT2D eigenvalue weighted by Crippen LogP contribution is 2.32. The Labute approximate surface area is 189 Å². The molecule has 1 amide bonds. The fourth-order valence-electron chi connectivity index (χ4n) is 3.36. The standard InChI is InChI=1S/C23H25F3N4OS/c1-5-30(14(2)6-11-19-27-12-17(13-28-19)23(4,25)26)22(31)20-21(32-15(3)29-20)16-7-9-18(24)10-8-16/h7-10,12-14H,5-6,11H2,1-4H3/t14-/m0/s1. The zero-order valence-electron chi connectivity index (χ0n) is 18.4. The second-order valence-corrected chi connectivity index (χ2v) is 8.88. The van der Waals surface area contributed by atoms with E-state index in [0.29, 0.717) is 35.8 Å². The molecular formula is C23H25F3N4OS. The lowest BCUT2D eigenvalue weighted by Gasteiger charge is -2.27. The maximum absolute atomic E-state index is 13.3. The van der Waals surface area contributed by atoms with Gasteiger partial charge in [0.15, 0.2) is 0 Å². The van der Waals surface area contributed by atoms with Gasteiger partial charge < -0.3 is 4.90 Å². The summed E-state index contributed by atoms with van der Waals surface area (Å²) in [6.45, 7) is 6.92. The van der Waals surface area contributed by atoms with Crippen molar-refractivity contribution in [2.75, 3.05) is 6.54 Å². The molecule has 3 aromatic rings. The van der Waals surface area contributed by atoms with Gasteiger partial charge >= 0.3 is 0 Å². The number of nitrogens with zero attached hydrogens (tertiary/aromatic N) is 4. The summed E-state index contributed by atoms with van der Waals surface area (Å²) in [6.07, 6.45) is 3.30. The Balaban J connectivity index is 1.74. The zero-order chi connectivity index (χ0) is 23.5. The summed E-state index contributed by atoms with van der Waals surface area (Å²) in [7, 11) is 0. The molecule has 1 atom stereocenters. The monoisotopic (exact) mass is 462 g/mol. The smallest absolute Gasteiger partial charge is 0.274 e. The maximum atomic E-state index is 13.3. The van der Waals surface area contributed by atoms with Crippen molar-refractivity contribution in [3.8, 4) is 10.4 Å². The quantitative estimate of drug-likeness (QED) is 0.435. The molecule has 0 spiro atoms. The number of aromatic nitrogens is 3. The van der Waals surface area contributed by atoms with Gasteiger partial charge in [-0.2, -0.15) is 0 Å². The van der Waals surface area contributed by atoms with Gasteiger partial charge in [-0.15, -0.1) is 11.3 Å². The Morgan fingerprint density at radius 3 is 2.38 bits per heavy atom. The average Bonchev–Trinajstić information content (AvgIpc) is 3.14. The van der Waals surface area contributed by atoms with Crippen LogP contribution in [0.25, 0.3) is 10.4 Å². The number of hydrogen-bond donors (Lipinski definition) is 0. The van der Waals surface area contributed by atoms with Gasteiger partial charge in [0.2, 0.25) is 0 Å². The van der Waals surface area contributed by atoms with Crippen molar-refractivity contribution >= 4 is 17.2 Å². The van der Waals surface area contributed by atoms with Gasteiger partial charge in [0.1, 0.15) is 17.3 Å². The van der Waals surface area contributed by atoms with Gasteiger partial charge in [-0.1, -0.05) is 12.1 Å². The van der Waals surface area contributed by atoms with Gasteiger partial charge in [-0.3, -0.25) is 4.79 Å². The molecule has 0 aliphatic heterocycles. The molecule has 3 rings (SSSR count). The van der Waals surface area contributed by atoms with E-state index in [2.05, 4.69) is 15.0 Å². The number of amides is 1. The number of hydrogen-bond acceptors (Lipinski definition) is 5. The number of carbonyl (C=O) groups excluding carboxylic acids is 1. The van der Waals surface area contributed by atoms with Crippen LogP contribution in [-0.4, -0.2) is 38.3 Å². The van der Waals surface area contributed by atoms with Crippen LogP contribution in [0, 0.1) is 12.7 Å². The predicted molar refractivity (Wildman–Crippen MR) is 118 cm³/mol. The molecule has 0 fully saturated rings. The van der Waals surface area contributed by atoms with Crippen molar-refractivity contribution in [3.63, 3.8) is 0 Å². The Hall–Kier alpha value is -2.81. The molecule has 170 valence electrons. The van der Waals surface area contributed by atoms with Crippen LogP contribution in [0.2, 0.25) is 0 Å². The molecule has 9 heteroatoms. The molecule has 0 bridgehead atoms. The minimum atomic E-state index is -2.98. The van der Waals surface area contributed by atoms with Gasteiger partial charge in [0.25, 0.3) is 11.8 Å². The van der Waals surface area contributed by atoms with Crippen LogP contribution < -0.4 is 0 Å². The maximum Gasteiger partial charge on any atom is 0.274 e. The van der Waals surface area contributed by atoms with Crippen molar-refractivity contribution in [2.24, 2.45) is 0 Å². The lowest BCUT2D eigenvalue weighted by molar-refractivity contribution is 0.0166. The Morgan fingerprint density at radius 1 is 1.19 bits per heavy atom. The third-order valence-corrected chi connectivity index (χ3v) is 6.19. The van der Waals surface area contributed by atoms with Gasteiger partial charge in [0, 0.05) is 38.3 Å². The van der Waals surface area contributed by atoms with E-state index in [1.807, 2.05) is 20.8 Å². The van der Waals surface area contributed by atoms with E-state index in [9.17, 15) is 18.0 Å². The molecule has 2 aromatic heterocycles. The molecule has 0 radical (unpaired) electrons. The van der Waals surface area contributed by atoms with Crippen LogP contribution in [0.1, 0.15) is 54.1 Å². The Bertz CT molecular complexity index is 1060. The normalized spacial score (nSPS) is 12.6. The van der Waals surface area contributed by atoms with Crippen LogP contribution in [0.5, 0.6) is 0 Å². The number of alkyl halides is 2. The van der Waals surface area contributed by atoms with Gasteiger partial charge in [0.05, 0.1) is 15.4 Å². The first-order valence-electron chi connectivity index (χ1n) is 10.3. The van der Waals surface area contributed by atoms with Crippen LogP contribution >= 0.6 is 11.3 Å². The lowest BCUT2D eigenvalue weighted by atomic mass is 10.1. The minimum absolute atomic E-state index is 0.147. The van der Waals surface area contributed by atoms with E-state index < -0.39 is 5.92 Å². The molecule has 5 nitrogen and oxygen atoms in total. The van der Waals surface area contributed by atoms with E-state index in [4.69, 9.17) is 0 Å².